The van der Waals surface area contributed by atoms with Crippen LogP contribution in [0.1, 0.15) is 15.9 Å². The third kappa shape index (κ3) is 3.47. The van der Waals surface area contributed by atoms with Gasteiger partial charge >= 0.3 is 5.97 Å². The normalized spacial score (nSPS) is 16.2. The summed E-state index contributed by atoms with van der Waals surface area (Å²) < 4.78 is 11.6. The van der Waals surface area contributed by atoms with Crippen LogP contribution in [0.3, 0.4) is 0 Å². The number of amides is 1. The molecule has 6 nitrogen and oxygen atoms in total. The number of fused-ring (bicyclic) bond motifs is 2. The molecule has 0 radical (unpaired) electrons. The number of carbonyl (C=O) groups is 2. The monoisotopic (exact) mass is 454 g/mol. The summed E-state index contributed by atoms with van der Waals surface area (Å²) in [4.78, 5) is 26.8. The number of methoxy groups -OCH3 is 1. The predicted molar refractivity (Wildman–Crippen MR) is 114 cm³/mol. The Morgan fingerprint density at radius 3 is 2.69 bits per heavy atom. The van der Waals surface area contributed by atoms with Gasteiger partial charge in [-0.15, -0.1) is 0 Å². The van der Waals surface area contributed by atoms with Gasteiger partial charge in [-0.1, -0.05) is 52.3 Å². The lowest BCUT2D eigenvalue weighted by molar-refractivity contribution is -0.120. The average Bonchev–Trinajstić information content (AvgIpc) is 2.87. The number of anilines is 1. The molecule has 0 fully saturated rings. The molecule has 1 heterocycles. The third-order valence-corrected chi connectivity index (χ3v) is 5.66. The second kappa shape index (κ2) is 7.85. The standard InChI is InChI=1S/C22H19BrN2O4/c1-28-22(27)16-7-4-8-19-20(16)29-12-18(24)21(26)25(19)11-13-9-10-17(23)15-6-3-2-5-14(13)15/h2-10,18H,11-12,24H2,1H3/t18-/m0/s1. The first-order valence-corrected chi connectivity index (χ1v) is 9.87. The molecule has 3 aromatic carbocycles. The average molecular weight is 455 g/mol. The zero-order valence-corrected chi connectivity index (χ0v) is 17.3. The van der Waals surface area contributed by atoms with E-state index >= 15 is 0 Å². The van der Waals surface area contributed by atoms with Crippen LogP contribution in [0.25, 0.3) is 10.8 Å². The highest BCUT2D eigenvalue weighted by Crippen LogP contribution is 2.37. The van der Waals surface area contributed by atoms with Gasteiger partial charge in [0.2, 0.25) is 5.91 Å². The van der Waals surface area contributed by atoms with Crippen LogP contribution in [0, 0.1) is 0 Å². The molecule has 0 bridgehead atoms. The van der Waals surface area contributed by atoms with Crippen molar-refractivity contribution in [3.63, 3.8) is 0 Å². The molecule has 4 rings (SSSR count). The Balaban J connectivity index is 1.85. The second-order valence-electron chi connectivity index (χ2n) is 6.74. The second-order valence-corrected chi connectivity index (χ2v) is 7.59. The van der Waals surface area contributed by atoms with E-state index in [1.54, 1.807) is 23.1 Å². The summed E-state index contributed by atoms with van der Waals surface area (Å²) in [5.74, 6) is -0.487. The maximum Gasteiger partial charge on any atom is 0.341 e. The molecule has 0 aromatic heterocycles. The van der Waals surface area contributed by atoms with Crippen LogP contribution >= 0.6 is 15.9 Å². The van der Waals surface area contributed by atoms with E-state index in [9.17, 15) is 9.59 Å². The van der Waals surface area contributed by atoms with E-state index in [0.29, 0.717) is 18.0 Å². The zero-order chi connectivity index (χ0) is 20.5. The molecule has 0 unspecified atom stereocenters. The number of esters is 1. The highest BCUT2D eigenvalue weighted by atomic mass is 79.9. The van der Waals surface area contributed by atoms with Gasteiger partial charge in [0.1, 0.15) is 18.2 Å². The Kier molecular flexibility index (Phi) is 5.25. The van der Waals surface area contributed by atoms with Crippen molar-refractivity contribution in [1.82, 2.24) is 0 Å². The van der Waals surface area contributed by atoms with Gasteiger partial charge in [0.15, 0.2) is 5.75 Å². The Bertz CT molecular complexity index is 1120. The predicted octanol–water partition coefficient (Wildman–Crippen LogP) is 3.64. The minimum Gasteiger partial charge on any atom is -0.488 e. The van der Waals surface area contributed by atoms with E-state index in [2.05, 4.69) is 15.9 Å². The third-order valence-electron chi connectivity index (χ3n) is 4.97. The summed E-state index contributed by atoms with van der Waals surface area (Å²) in [7, 11) is 1.31. The molecule has 148 valence electrons. The van der Waals surface area contributed by atoms with Crippen LogP contribution in [0.5, 0.6) is 5.75 Å². The summed E-state index contributed by atoms with van der Waals surface area (Å²) in [5.41, 5.74) is 7.78. The number of rotatable bonds is 3. The zero-order valence-electron chi connectivity index (χ0n) is 15.7. The van der Waals surface area contributed by atoms with E-state index in [4.69, 9.17) is 15.2 Å². The lowest BCUT2D eigenvalue weighted by Crippen LogP contribution is -2.45. The van der Waals surface area contributed by atoms with Gasteiger partial charge in [0, 0.05) is 4.47 Å². The van der Waals surface area contributed by atoms with Crippen molar-refractivity contribution in [3.8, 4) is 5.75 Å². The van der Waals surface area contributed by atoms with Crippen molar-refractivity contribution in [2.75, 3.05) is 18.6 Å². The number of hydrogen-bond donors (Lipinski definition) is 1. The summed E-state index contributed by atoms with van der Waals surface area (Å²) in [6, 6.07) is 16.1. The number of benzene rings is 3. The number of hydrogen-bond acceptors (Lipinski definition) is 5. The topological polar surface area (TPSA) is 81.9 Å². The van der Waals surface area contributed by atoms with Crippen LogP contribution in [0.15, 0.2) is 59.1 Å². The summed E-state index contributed by atoms with van der Waals surface area (Å²) >= 11 is 3.58. The first-order valence-electron chi connectivity index (χ1n) is 9.08. The highest BCUT2D eigenvalue weighted by Gasteiger charge is 2.32. The van der Waals surface area contributed by atoms with Gasteiger partial charge in [0.25, 0.3) is 0 Å². The Hall–Kier alpha value is -2.90. The molecule has 0 aliphatic carbocycles. The number of halogens is 1. The number of nitrogens with two attached hydrogens (primary N) is 1. The van der Waals surface area contributed by atoms with Crippen molar-refractivity contribution in [1.29, 1.82) is 0 Å². The molecule has 3 aromatic rings. The first kappa shape index (κ1) is 19.4. The van der Waals surface area contributed by atoms with E-state index in [-0.39, 0.29) is 18.1 Å². The molecular weight excluding hydrogens is 436 g/mol. The highest BCUT2D eigenvalue weighted by molar-refractivity contribution is 9.10. The largest absolute Gasteiger partial charge is 0.488 e. The fourth-order valence-electron chi connectivity index (χ4n) is 3.52. The van der Waals surface area contributed by atoms with Crippen LogP contribution in [0.4, 0.5) is 5.69 Å². The fourth-order valence-corrected chi connectivity index (χ4v) is 4.00. The van der Waals surface area contributed by atoms with E-state index in [1.807, 2.05) is 36.4 Å². The van der Waals surface area contributed by atoms with Crippen molar-refractivity contribution in [2.45, 2.75) is 12.6 Å². The van der Waals surface area contributed by atoms with E-state index < -0.39 is 12.0 Å². The lowest BCUT2D eigenvalue weighted by atomic mass is 10.0. The Morgan fingerprint density at radius 2 is 1.93 bits per heavy atom. The molecule has 1 aliphatic rings. The molecule has 0 saturated heterocycles. The number of ether oxygens (including phenoxy) is 2. The van der Waals surface area contributed by atoms with Gasteiger partial charge in [-0.2, -0.15) is 0 Å². The van der Waals surface area contributed by atoms with Crippen molar-refractivity contribution in [2.24, 2.45) is 5.73 Å². The number of nitrogens with zero attached hydrogens (tertiary/aromatic N) is 1. The smallest absolute Gasteiger partial charge is 0.341 e. The van der Waals surface area contributed by atoms with Crippen LogP contribution < -0.4 is 15.4 Å². The maximum absolute atomic E-state index is 13.1. The van der Waals surface area contributed by atoms with Gasteiger partial charge in [-0.3, -0.25) is 4.79 Å². The molecular formula is C22H19BrN2O4. The molecule has 29 heavy (non-hydrogen) atoms. The fraction of sp³-hybridized carbons (Fsp3) is 0.182. The van der Waals surface area contributed by atoms with Gasteiger partial charge < -0.3 is 20.1 Å². The van der Waals surface area contributed by atoms with E-state index in [0.717, 1.165) is 20.8 Å². The lowest BCUT2D eigenvalue weighted by Gasteiger charge is -2.24. The minimum absolute atomic E-state index is 0.0164. The van der Waals surface area contributed by atoms with Crippen LogP contribution in [0.2, 0.25) is 0 Å². The molecule has 1 amide bonds. The van der Waals surface area contributed by atoms with Gasteiger partial charge in [-0.25, -0.2) is 4.79 Å². The first-order chi connectivity index (χ1) is 14.0. The molecule has 7 heteroatoms. The van der Waals surface area contributed by atoms with Crippen LogP contribution in [-0.2, 0) is 16.1 Å². The number of carbonyl (C=O) groups excluding carboxylic acids is 2. The summed E-state index contributed by atoms with van der Waals surface area (Å²) in [5, 5.41) is 2.08. The Morgan fingerprint density at radius 1 is 1.17 bits per heavy atom. The van der Waals surface area contributed by atoms with Gasteiger partial charge in [-0.05, 0) is 34.5 Å². The Labute approximate surface area is 176 Å². The van der Waals surface area contributed by atoms with E-state index in [1.165, 1.54) is 7.11 Å². The summed E-state index contributed by atoms with van der Waals surface area (Å²) in [6.07, 6.45) is 0. The maximum atomic E-state index is 13.1. The van der Waals surface area contributed by atoms with Crippen LogP contribution in [-0.4, -0.2) is 31.6 Å². The van der Waals surface area contributed by atoms with Crippen molar-refractivity contribution < 1.29 is 19.1 Å². The molecule has 1 atom stereocenters. The molecule has 0 spiro atoms. The van der Waals surface area contributed by atoms with Crippen molar-refractivity contribution in [3.05, 3.63) is 70.2 Å². The summed E-state index contributed by atoms with van der Waals surface area (Å²) in [6.45, 7) is 0.277. The quantitative estimate of drug-likeness (QED) is 0.610. The van der Waals surface area contributed by atoms with Gasteiger partial charge in [0.05, 0.1) is 19.3 Å². The minimum atomic E-state index is -0.838. The number of para-hydroxylation sites is 1. The van der Waals surface area contributed by atoms with Crippen molar-refractivity contribution >= 4 is 44.3 Å². The molecule has 2 N–H and O–H groups in total. The molecule has 1 aliphatic heterocycles. The SMILES string of the molecule is COC(=O)c1cccc2c1OC[C@H](N)C(=O)N2Cc1ccc(Br)c2ccccc12. The molecule has 0 saturated carbocycles.